The fourth-order valence-corrected chi connectivity index (χ4v) is 5.09. The third-order valence-electron chi connectivity index (χ3n) is 7.37. The number of carboxylic acids is 1. The number of carboxylic acid groups (broad SMARTS) is 1. The lowest BCUT2D eigenvalue weighted by molar-refractivity contribution is 0.0600. The molecule has 0 saturated heterocycles. The molecule has 2 rings (SSSR count). The van der Waals surface area contributed by atoms with Crippen LogP contribution in [0, 0.1) is 0 Å². The summed E-state index contributed by atoms with van der Waals surface area (Å²) in [7, 11) is 1.30. The largest absolute Gasteiger partial charge is 0.478 e. The highest BCUT2D eigenvalue weighted by atomic mass is 16.5. The number of benzene rings is 1. The van der Waals surface area contributed by atoms with Gasteiger partial charge in [0, 0.05) is 31.0 Å². The third-order valence-corrected chi connectivity index (χ3v) is 7.37. The zero-order valence-corrected chi connectivity index (χ0v) is 23.7. The number of aromatic carboxylic acids is 1. The number of ether oxygens (including phenoxy) is 1. The van der Waals surface area contributed by atoms with E-state index in [-0.39, 0.29) is 17.7 Å². The number of methoxy groups -OCH3 is 1. The minimum atomic E-state index is -1.08. The van der Waals surface area contributed by atoms with E-state index in [4.69, 9.17) is 4.74 Å². The molecule has 0 saturated carbocycles. The second kappa shape index (κ2) is 18.6. The molecule has 1 heterocycles. The molecule has 0 atom stereocenters. The van der Waals surface area contributed by atoms with E-state index in [2.05, 4.69) is 17.9 Å². The van der Waals surface area contributed by atoms with Gasteiger partial charge < -0.3 is 19.8 Å². The quantitative estimate of drug-likeness (QED) is 0.134. The van der Waals surface area contributed by atoms with Gasteiger partial charge in [-0.15, -0.1) is 0 Å². The maximum absolute atomic E-state index is 12.5. The molecule has 0 amide bonds. The minimum absolute atomic E-state index is 0.0511. The molecule has 0 spiro atoms. The number of esters is 1. The number of carbonyl (C=O) groups excluding carboxylic acids is 1. The van der Waals surface area contributed by atoms with Gasteiger partial charge in [-0.05, 0) is 36.6 Å². The highest BCUT2D eigenvalue weighted by molar-refractivity contribution is 5.99. The van der Waals surface area contributed by atoms with Crippen molar-refractivity contribution in [2.24, 2.45) is 0 Å². The first-order valence-electron chi connectivity index (χ1n) is 14.7. The van der Waals surface area contributed by atoms with Crippen LogP contribution >= 0.6 is 0 Å². The van der Waals surface area contributed by atoms with Gasteiger partial charge in [-0.3, -0.25) is 0 Å². The first-order chi connectivity index (χ1) is 18.5. The Hall–Kier alpha value is -2.60. The van der Waals surface area contributed by atoms with Crippen molar-refractivity contribution in [2.75, 3.05) is 26.8 Å². The Labute approximate surface area is 229 Å². The first-order valence-corrected chi connectivity index (χ1v) is 14.7. The maximum Gasteiger partial charge on any atom is 0.338 e. The van der Waals surface area contributed by atoms with E-state index in [0.717, 1.165) is 30.7 Å². The molecule has 6 nitrogen and oxygen atoms in total. The Morgan fingerprint density at radius 1 is 0.895 bits per heavy atom. The molecule has 212 valence electrons. The lowest BCUT2D eigenvalue weighted by Gasteiger charge is -2.31. The van der Waals surface area contributed by atoms with Crippen LogP contribution in [0.2, 0.25) is 0 Å². The molecule has 0 bridgehead atoms. The van der Waals surface area contributed by atoms with Crippen LogP contribution in [0.15, 0.2) is 35.9 Å². The second-order valence-corrected chi connectivity index (χ2v) is 10.4. The van der Waals surface area contributed by atoms with Crippen LogP contribution in [-0.2, 0) is 4.74 Å². The van der Waals surface area contributed by atoms with Crippen molar-refractivity contribution < 1.29 is 24.5 Å². The highest BCUT2D eigenvalue weighted by Gasteiger charge is 2.23. The van der Waals surface area contributed by atoms with Crippen molar-refractivity contribution >= 4 is 17.6 Å². The van der Waals surface area contributed by atoms with Gasteiger partial charge in [0.2, 0.25) is 0 Å². The van der Waals surface area contributed by atoms with Gasteiger partial charge in [0.25, 0.3) is 0 Å². The lowest BCUT2D eigenvalue weighted by atomic mass is 9.96. The van der Waals surface area contributed by atoms with E-state index in [1.807, 2.05) is 6.08 Å². The molecular weight excluding hydrogens is 478 g/mol. The summed E-state index contributed by atoms with van der Waals surface area (Å²) in [6.07, 6.45) is 23.1. The van der Waals surface area contributed by atoms with Crippen molar-refractivity contribution in [2.45, 2.75) is 103 Å². The zero-order chi connectivity index (χ0) is 27.6. The number of aliphatic hydroxyl groups is 1. The molecule has 0 fully saturated rings. The number of nitrogens with zero attached hydrogens (tertiary/aromatic N) is 1. The predicted molar refractivity (Wildman–Crippen MR) is 154 cm³/mol. The van der Waals surface area contributed by atoms with Crippen molar-refractivity contribution in [3.8, 4) is 0 Å². The normalized spacial score (nSPS) is 13.3. The number of unbranched alkanes of at least 4 members (excludes halogenated alkanes) is 13. The van der Waals surface area contributed by atoms with Crippen LogP contribution in [0.4, 0.5) is 0 Å². The average Bonchev–Trinajstić information content (AvgIpc) is 2.93. The number of carbonyl (C=O) groups is 2. The summed E-state index contributed by atoms with van der Waals surface area (Å²) < 4.78 is 4.97. The molecule has 2 N–H and O–H groups in total. The molecule has 1 aromatic carbocycles. The van der Waals surface area contributed by atoms with E-state index in [0.29, 0.717) is 18.5 Å². The summed E-state index contributed by atoms with van der Waals surface area (Å²) in [6, 6.07) is 4.61. The topological polar surface area (TPSA) is 87.1 Å². The number of aliphatic hydroxyl groups excluding tert-OH is 1. The number of allylic oxidation sites excluding steroid dienone is 1. The molecule has 1 aromatic rings. The fraction of sp³-hybridized carbons (Fsp3) is 0.625. The van der Waals surface area contributed by atoms with Gasteiger partial charge >= 0.3 is 11.9 Å². The summed E-state index contributed by atoms with van der Waals surface area (Å²) in [5.41, 5.74) is 2.85. The Kier molecular flexibility index (Phi) is 15.5. The maximum atomic E-state index is 12.5. The molecule has 38 heavy (non-hydrogen) atoms. The lowest BCUT2D eigenvalue weighted by Crippen LogP contribution is -2.27. The number of rotatable bonds is 20. The molecule has 0 aromatic heterocycles. The summed E-state index contributed by atoms with van der Waals surface area (Å²) in [6.45, 7) is 3.87. The van der Waals surface area contributed by atoms with E-state index in [9.17, 15) is 19.8 Å². The summed E-state index contributed by atoms with van der Waals surface area (Å²) in [4.78, 5) is 26.3. The highest BCUT2D eigenvalue weighted by Crippen LogP contribution is 2.30. The number of hydrogen-bond donors (Lipinski definition) is 2. The molecule has 6 heteroatoms. The Balaban J connectivity index is 1.85. The van der Waals surface area contributed by atoms with E-state index in [1.165, 1.54) is 96.3 Å². The Bertz CT molecular complexity index is 920. The SMILES string of the molecule is CCCCCCCCCCCCCCCCN1CC=C(CCO)C=C1c1ccc(C(=O)O)cc1C(=O)OC. The van der Waals surface area contributed by atoms with Crippen molar-refractivity contribution in [1.29, 1.82) is 0 Å². The molecule has 0 aliphatic carbocycles. The molecule has 0 radical (unpaired) electrons. The minimum Gasteiger partial charge on any atom is -0.478 e. The van der Waals surface area contributed by atoms with Crippen LogP contribution in [0.25, 0.3) is 5.70 Å². The van der Waals surface area contributed by atoms with Crippen LogP contribution in [0.3, 0.4) is 0 Å². The van der Waals surface area contributed by atoms with Gasteiger partial charge in [0.05, 0.1) is 18.2 Å². The van der Waals surface area contributed by atoms with Gasteiger partial charge in [-0.2, -0.15) is 0 Å². The van der Waals surface area contributed by atoms with Crippen molar-refractivity contribution in [1.82, 2.24) is 4.90 Å². The summed E-state index contributed by atoms with van der Waals surface area (Å²) in [5, 5.41) is 18.9. The van der Waals surface area contributed by atoms with E-state index >= 15 is 0 Å². The summed E-state index contributed by atoms with van der Waals surface area (Å²) in [5.74, 6) is -1.64. The standard InChI is InChI=1S/C32H49NO5/c1-3-4-5-6-7-8-9-10-11-12-13-14-15-16-21-33-22-19-26(20-23-34)24-30(33)28-18-17-27(31(35)36)25-29(28)32(37)38-2/h17-19,24-25,34H,3-16,20-23H2,1-2H3,(H,35,36). The van der Waals surface area contributed by atoms with Crippen LogP contribution in [0.1, 0.15) is 130 Å². The van der Waals surface area contributed by atoms with Crippen molar-refractivity contribution in [3.63, 3.8) is 0 Å². The van der Waals surface area contributed by atoms with Gasteiger partial charge in [0.1, 0.15) is 0 Å². The molecule has 1 aliphatic heterocycles. The zero-order valence-electron chi connectivity index (χ0n) is 23.7. The van der Waals surface area contributed by atoms with Gasteiger partial charge in [-0.1, -0.05) is 103 Å². The third kappa shape index (κ3) is 11.0. The Morgan fingerprint density at radius 2 is 1.47 bits per heavy atom. The fourth-order valence-electron chi connectivity index (χ4n) is 5.09. The van der Waals surface area contributed by atoms with Gasteiger partial charge in [-0.25, -0.2) is 9.59 Å². The van der Waals surface area contributed by atoms with Crippen LogP contribution in [-0.4, -0.2) is 53.9 Å². The predicted octanol–water partition coefficient (Wildman–Crippen LogP) is 7.62. The van der Waals surface area contributed by atoms with Crippen LogP contribution < -0.4 is 0 Å². The monoisotopic (exact) mass is 527 g/mol. The summed E-state index contributed by atoms with van der Waals surface area (Å²) >= 11 is 0. The van der Waals surface area contributed by atoms with Gasteiger partial charge in [0.15, 0.2) is 0 Å². The number of hydrogen-bond acceptors (Lipinski definition) is 5. The van der Waals surface area contributed by atoms with Crippen molar-refractivity contribution in [3.05, 3.63) is 52.6 Å². The first kappa shape index (κ1) is 31.6. The van der Waals surface area contributed by atoms with E-state index < -0.39 is 11.9 Å². The van der Waals surface area contributed by atoms with Crippen LogP contribution in [0.5, 0.6) is 0 Å². The average molecular weight is 528 g/mol. The molecule has 1 aliphatic rings. The molecule has 0 unspecified atom stereocenters. The second-order valence-electron chi connectivity index (χ2n) is 10.4. The Morgan fingerprint density at radius 3 is 2.00 bits per heavy atom. The smallest absolute Gasteiger partial charge is 0.338 e. The van der Waals surface area contributed by atoms with E-state index in [1.54, 1.807) is 6.07 Å². The molecular formula is C32H49NO5.